The number of fused-ring (bicyclic) bond motifs is 3. The normalized spacial score (nSPS) is 44.1. The van der Waals surface area contributed by atoms with E-state index in [9.17, 15) is 9.59 Å². The number of allylic oxidation sites excluding steroid dienone is 2. The van der Waals surface area contributed by atoms with Crippen LogP contribution in [0.25, 0.3) is 0 Å². The zero-order valence-electron chi connectivity index (χ0n) is 10.9. The van der Waals surface area contributed by atoms with Gasteiger partial charge in [-0.1, -0.05) is 13.0 Å². The fourth-order valence-corrected chi connectivity index (χ4v) is 4.31. The molecule has 0 unspecified atom stereocenters. The average molecular weight is 247 g/mol. The van der Waals surface area contributed by atoms with Crippen LogP contribution in [0.15, 0.2) is 11.8 Å². The van der Waals surface area contributed by atoms with Crippen LogP contribution in [-0.2, 0) is 9.59 Å². The minimum atomic E-state index is -0.103. The summed E-state index contributed by atoms with van der Waals surface area (Å²) in [5.74, 6) is 1.19. The largest absolute Gasteiger partial charge is 0.402 e. The van der Waals surface area contributed by atoms with Crippen LogP contribution in [-0.4, -0.2) is 11.6 Å². The number of carbonyl (C=O) groups is 2. The molecule has 3 aliphatic carbocycles. The second-order valence-electron chi connectivity index (χ2n) is 6.36. The van der Waals surface area contributed by atoms with Gasteiger partial charge in [-0.25, -0.2) is 0 Å². The van der Waals surface area contributed by atoms with Gasteiger partial charge in [-0.05, 0) is 31.1 Å². The van der Waals surface area contributed by atoms with E-state index in [0.717, 1.165) is 25.0 Å². The van der Waals surface area contributed by atoms with E-state index in [2.05, 4.69) is 13.0 Å². The van der Waals surface area contributed by atoms with Crippen LogP contribution in [0.3, 0.4) is 0 Å². The summed E-state index contributed by atoms with van der Waals surface area (Å²) in [6.45, 7) is 2.12. The molecular weight excluding hydrogens is 226 g/mol. The summed E-state index contributed by atoms with van der Waals surface area (Å²) in [4.78, 5) is 24.5. The monoisotopic (exact) mass is 247 g/mol. The Balaban J connectivity index is 1.99. The fourth-order valence-electron chi connectivity index (χ4n) is 4.31. The molecule has 0 aromatic rings. The minimum absolute atomic E-state index is 0.0636. The summed E-state index contributed by atoms with van der Waals surface area (Å²) in [5, 5.41) is 0. The third-order valence-electron chi connectivity index (χ3n) is 5.02. The van der Waals surface area contributed by atoms with E-state index in [1.165, 1.54) is 0 Å². The van der Waals surface area contributed by atoms with Gasteiger partial charge in [-0.15, -0.1) is 0 Å². The molecule has 0 aliphatic heterocycles. The Kier molecular flexibility index (Phi) is 2.80. The highest BCUT2D eigenvalue weighted by atomic mass is 16.1. The van der Waals surface area contributed by atoms with Crippen molar-refractivity contribution >= 4 is 11.6 Å². The molecule has 0 radical (unpaired) electrons. The van der Waals surface area contributed by atoms with E-state index in [0.29, 0.717) is 24.5 Å². The first-order valence-electron chi connectivity index (χ1n) is 7.10. The summed E-state index contributed by atoms with van der Waals surface area (Å²) >= 11 is 0. The number of nitrogens with two attached hydrogens (primary N) is 1. The van der Waals surface area contributed by atoms with Crippen molar-refractivity contribution < 1.29 is 9.59 Å². The van der Waals surface area contributed by atoms with Gasteiger partial charge in [0, 0.05) is 36.3 Å². The molecule has 0 aromatic heterocycles. The Bertz CT molecular complexity index is 426. The molecule has 5 atom stereocenters. The van der Waals surface area contributed by atoms with Crippen LogP contribution in [0.1, 0.15) is 39.0 Å². The Morgan fingerprint density at radius 3 is 2.78 bits per heavy atom. The van der Waals surface area contributed by atoms with Gasteiger partial charge >= 0.3 is 0 Å². The summed E-state index contributed by atoms with van der Waals surface area (Å²) in [7, 11) is 0. The van der Waals surface area contributed by atoms with Crippen molar-refractivity contribution in [2.24, 2.45) is 35.3 Å². The van der Waals surface area contributed by atoms with Crippen LogP contribution in [0, 0.1) is 29.6 Å². The second-order valence-corrected chi connectivity index (χ2v) is 6.36. The maximum absolute atomic E-state index is 12.3. The lowest BCUT2D eigenvalue weighted by Crippen LogP contribution is -2.48. The van der Waals surface area contributed by atoms with Gasteiger partial charge in [0.25, 0.3) is 0 Å². The molecule has 0 bridgehead atoms. The Morgan fingerprint density at radius 1 is 1.22 bits per heavy atom. The second kappa shape index (κ2) is 4.22. The lowest BCUT2D eigenvalue weighted by atomic mass is 9.57. The fraction of sp³-hybridized carbons (Fsp3) is 0.733. The molecule has 98 valence electrons. The van der Waals surface area contributed by atoms with E-state index in [4.69, 9.17) is 5.73 Å². The Labute approximate surface area is 108 Å². The molecule has 2 fully saturated rings. The molecule has 0 amide bonds. The van der Waals surface area contributed by atoms with Crippen LogP contribution in [0.5, 0.6) is 0 Å². The molecule has 0 aromatic carbocycles. The van der Waals surface area contributed by atoms with Crippen molar-refractivity contribution in [2.45, 2.75) is 39.0 Å². The molecule has 3 aliphatic rings. The molecule has 2 saturated carbocycles. The SMILES string of the molecule is C[C@H]1CC(=O)[C@@H]2[C@H]3C(=O)CCC[C@@H]3C(N)=C[C@H]2C1. The van der Waals surface area contributed by atoms with E-state index in [1.54, 1.807) is 0 Å². The molecule has 18 heavy (non-hydrogen) atoms. The molecule has 0 spiro atoms. The summed E-state index contributed by atoms with van der Waals surface area (Å²) in [5.41, 5.74) is 7.02. The first kappa shape index (κ1) is 11.9. The highest BCUT2D eigenvalue weighted by molar-refractivity contribution is 5.92. The number of ketones is 2. The van der Waals surface area contributed by atoms with Crippen molar-refractivity contribution in [1.82, 2.24) is 0 Å². The third kappa shape index (κ3) is 1.72. The summed E-state index contributed by atoms with van der Waals surface area (Å²) in [6.07, 6.45) is 6.29. The van der Waals surface area contributed by atoms with Gasteiger partial charge < -0.3 is 5.73 Å². The van der Waals surface area contributed by atoms with Crippen molar-refractivity contribution in [3.63, 3.8) is 0 Å². The predicted octanol–water partition coefficient (Wildman–Crippen LogP) is 2.06. The first-order valence-corrected chi connectivity index (χ1v) is 7.10. The molecule has 3 rings (SSSR count). The number of hydrogen-bond acceptors (Lipinski definition) is 3. The van der Waals surface area contributed by atoms with Gasteiger partial charge in [-0.3, -0.25) is 9.59 Å². The highest BCUT2D eigenvalue weighted by Crippen LogP contribution is 2.48. The van der Waals surface area contributed by atoms with E-state index in [-0.39, 0.29) is 29.5 Å². The van der Waals surface area contributed by atoms with Gasteiger partial charge in [0.15, 0.2) is 0 Å². The summed E-state index contributed by atoms with van der Waals surface area (Å²) < 4.78 is 0. The lowest BCUT2D eigenvalue weighted by Gasteiger charge is -2.45. The van der Waals surface area contributed by atoms with Crippen molar-refractivity contribution in [3.05, 3.63) is 11.8 Å². The van der Waals surface area contributed by atoms with E-state index < -0.39 is 0 Å². The molecular formula is C15H21NO2. The Hall–Kier alpha value is -1.12. The van der Waals surface area contributed by atoms with E-state index in [1.807, 2.05) is 0 Å². The van der Waals surface area contributed by atoms with Crippen LogP contribution >= 0.6 is 0 Å². The quantitative estimate of drug-likeness (QED) is 0.712. The smallest absolute Gasteiger partial charge is 0.137 e. The molecule has 2 N–H and O–H groups in total. The van der Waals surface area contributed by atoms with Gasteiger partial charge in [0.1, 0.15) is 11.6 Å². The number of Topliss-reactive ketones (excluding diaryl/α,β-unsaturated/α-hetero) is 2. The Morgan fingerprint density at radius 2 is 2.00 bits per heavy atom. The van der Waals surface area contributed by atoms with Gasteiger partial charge in [0.2, 0.25) is 0 Å². The zero-order valence-corrected chi connectivity index (χ0v) is 10.9. The lowest BCUT2D eigenvalue weighted by molar-refractivity contribution is -0.140. The van der Waals surface area contributed by atoms with Crippen LogP contribution in [0.4, 0.5) is 0 Å². The van der Waals surface area contributed by atoms with Crippen molar-refractivity contribution in [3.8, 4) is 0 Å². The number of carbonyl (C=O) groups excluding carboxylic acids is 2. The highest BCUT2D eigenvalue weighted by Gasteiger charge is 2.49. The first-order chi connectivity index (χ1) is 8.58. The van der Waals surface area contributed by atoms with Crippen molar-refractivity contribution in [1.29, 1.82) is 0 Å². The molecule has 3 nitrogen and oxygen atoms in total. The number of rotatable bonds is 0. The van der Waals surface area contributed by atoms with Crippen LogP contribution < -0.4 is 5.73 Å². The number of hydrogen-bond donors (Lipinski definition) is 1. The average Bonchev–Trinajstić information content (AvgIpc) is 2.29. The minimum Gasteiger partial charge on any atom is -0.402 e. The molecule has 3 heteroatoms. The zero-order chi connectivity index (χ0) is 12.9. The van der Waals surface area contributed by atoms with Crippen molar-refractivity contribution in [2.75, 3.05) is 0 Å². The van der Waals surface area contributed by atoms with E-state index >= 15 is 0 Å². The van der Waals surface area contributed by atoms with Gasteiger partial charge in [0.05, 0.1) is 0 Å². The molecule has 0 saturated heterocycles. The molecule has 0 heterocycles. The summed E-state index contributed by atoms with van der Waals surface area (Å²) in [6, 6.07) is 0. The standard InChI is InChI=1S/C15H21NO2/c1-8-5-9-7-11(16)10-3-2-4-12(17)15(10)14(9)13(18)6-8/h7-10,14-15H,2-6,16H2,1H3/t8-,9-,10-,14-,15-/m1/s1. The maximum atomic E-state index is 12.3. The topological polar surface area (TPSA) is 60.2 Å². The maximum Gasteiger partial charge on any atom is 0.137 e. The van der Waals surface area contributed by atoms with Crippen LogP contribution in [0.2, 0.25) is 0 Å². The van der Waals surface area contributed by atoms with Gasteiger partial charge in [-0.2, -0.15) is 0 Å². The predicted molar refractivity (Wildman–Crippen MR) is 68.5 cm³/mol. The third-order valence-corrected chi connectivity index (χ3v) is 5.02.